The van der Waals surface area contributed by atoms with Crippen molar-refractivity contribution in [3.63, 3.8) is 0 Å². The molecule has 136 valence electrons. The number of imidazole rings is 1. The topological polar surface area (TPSA) is 44.1 Å². The number of aromatic nitrogens is 2. The Kier molecular flexibility index (Phi) is 6.41. The van der Waals surface area contributed by atoms with Crippen LogP contribution in [0.4, 0.5) is 4.39 Å². The number of benzene rings is 2. The van der Waals surface area contributed by atoms with Gasteiger partial charge in [0.2, 0.25) is 0 Å². The maximum absolute atomic E-state index is 12.9. The van der Waals surface area contributed by atoms with Crippen LogP contribution in [0.25, 0.3) is 11.0 Å². The van der Waals surface area contributed by atoms with E-state index in [0.717, 1.165) is 34.9 Å². The first-order valence-corrected chi connectivity index (χ1v) is 9.53. The molecule has 26 heavy (non-hydrogen) atoms. The molecule has 0 saturated heterocycles. The Morgan fingerprint density at radius 1 is 1.19 bits per heavy atom. The zero-order chi connectivity index (χ0) is 18.4. The van der Waals surface area contributed by atoms with E-state index < -0.39 is 0 Å². The number of para-hydroxylation sites is 2. The van der Waals surface area contributed by atoms with Crippen molar-refractivity contribution in [1.82, 2.24) is 9.55 Å². The molecule has 0 saturated carbocycles. The average Bonchev–Trinajstić information content (AvgIpc) is 3.01. The van der Waals surface area contributed by atoms with Gasteiger partial charge < -0.3 is 9.30 Å². The van der Waals surface area contributed by atoms with E-state index in [9.17, 15) is 9.18 Å². The lowest BCUT2D eigenvalue weighted by molar-refractivity contribution is 0.0982. The number of hydrogen-bond donors (Lipinski definition) is 0. The zero-order valence-electron chi connectivity index (χ0n) is 14.7. The number of methoxy groups -OCH3 is 1. The molecule has 6 heteroatoms. The molecule has 2 aromatic carbocycles. The summed E-state index contributed by atoms with van der Waals surface area (Å²) in [6, 6.07) is 13.8. The molecule has 0 N–H and O–H groups in total. The van der Waals surface area contributed by atoms with Crippen LogP contribution in [0.15, 0.2) is 53.7 Å². The van der Waals surface area contributed by atoms with Crippen LogP contribution in [-0.2, 0) is 11.3 Å². The number of Topliss-reactive ketones (excluding diaryl/α,β-unsaturated/α-hetero) is 1. The molecule has 3 aromatic rings. The fourth-order valence-corrected chi connectivity index (χ4v) is 3.72. The van der Waals surface area contributed by atoms with Crippen molar-refractivity contribution >= 4 is 28.6 Å². The molecule has 0 amide bonds. The number of carbonyl (C=O) groups excluding carboxylic acids is 1. The van der Waals surface area contributed by atoms with Crippen LogP contribution < -0.4 is 0 Å². The Bertz CT molecular complexity index is 877. The molecule has 1 aromatic heterocycles. The molecule has 0 radical (unpaired) electrons. The highest BCUT2D eigenvalue weighted by atomic mass is 32.2. The monoisotopic (exact) mass is 372 g/mol. The first-order valence-electron chi connectivity index (χ1n) is 8.55. The van der Waals surface area contributed by atoms with E-state index in [-0.39, 0.29) is 11.6 Å². The molecule has 0 atom stereocenters. The van der Waals surface area contributed by atoms with E-state index >= 15 is 0 Å². The second kappa shape index (κ2) is 8.96. The summed E-state index contributed by atoms with van der Waals surface area (Å²) in [5.41, 5.74) is 2.62. The minimum atomic E-state index is -0.327. The highest BCUT2D eigenvalue weighted by Gasteiger charge is 2.11. The van der Waals surface area contributed by atoms with E-state index in [0.29, 0.717) is 18.6 Å². The third kappa shape index (κ3) is 4.51. The third-order valence-electron chi connectivity index (χ3n) is 4.08. The van der Waals surface area contributed by atoms with E-state index in [2.05, 4.69) is 10.6 Å². The van der Waals surface area contributed by atoms with Crippen molar-refractivity contribution in [2.24, 2.45) is 0 Å². The fraction of sp³-hybridized carbons (Fsp3) is 0.300. The molecule has 3 rings (SSSR count). The summed E-state index contributed by atoms with van der Waals surface area (Å²) in [5.74, 6) is 0.508. The number of ketones is 1. The molecule has 0 unspecified atom stereocenters. The van der Waals surface area contributed by atoms with E-state index in [1.807, 2.05) is 18.2 Å². The van der Waals surface area contributed by atoms with Crippen LogP contribution in [0.3, 0.4) is 0 Å². The lowest BCUT2D eigenvalue weighted by atomic mass is 10.1. The molecular formula is C20H21FN2O2S. The van der Waals surface area contributed by atoms with Crippen LogP contribution in [0.1, 0.15) is 23.2 Å². The largest absolute Gasteiger partial charge is 0.383 e. The summed E-state index contributed by atoms with van der Waals surface area (Å²) in [6.07, 6.45) is 1.19. The lowest BCUT2D eigenvalue weighted by Crippen LogP contribution is -2.06. The molecule has 4 nitrogen and oxygen atoms in total. The number of thioether (sulfide) groups is 1. The summed E-state index contributed by atoms with van der Waals surface area (Å²) in [4.78, 5) is 16.8. The van der Waals surface area contributed by atoms with Crippen molar-refractivity contribution in [2.45, 2.75) is 24.5 Å². The second-order valence-corrected chi connectivity index (χ2v) is 6.97. The Balaban J connectivity index is 1.59. The Morgan fingerprint density at radius 2 is 1.96 bits per heavy atom. The maximum atomic E-state index is 12.9. The third-order valence-corrected chi connectivity index (χ3v) is 5.15. The number of hydrogen-bond acceptors (Lipinski definition) is 4. The summed E-state index contributed by atoms with van der Waals surface area (Å²) >= 11 is 1.65. The number of nitrogens with zero attached hydrogens (tertiary/aromatic N) is 2. The average molecular weight is 372 g/mol. The van der Waals surface area contributed by atoms with Gasteiger partial charge in [-0.25, -0.2) is 9.37 Å². The van der Waals surface area contributed by atoms with Gasteiger partial charge in [0.05, 0.1) is 17.6 Å². The van der Waals surface area contributed by atoms with Gasteiger partial charge >= 0.3 is 0 Å². The van der Waals surface area contributed by atoms with E-state index in [1.165, 1.54) is 24.3 Å². The minimum absolute atomic E-state index is 0.0403. The van der Waals surface area contributed by atoms with Gasteiger partial charge in [-0.2, -0.15) is 0 Å². The number of ether oxygens (including phenoxy) is 1. The van der Waals surface area contributed by atoms with Crippen LogP contribution >= 0.6 is 11.8 Å². The van der Waals surface area contributed by atoms with Crippen molar-refractivity contribution in [3.05, 3.63) is 59.9 Å². The second-order valence-electron chi connectivity index (χ2n) is 5.91. The molecule has 0 aliphatic heterocycles. The maximum Gasteiger partial charge on any atom is 0.169 e. The zero-order valence-corrected chi connectivity index (χ0v) is 15.5. The predicted molar refractivity (Wildman–Crippen MR) is 102 cm³/mol. The van der Waals surface area contributed by atoms with Crippen LogP contribution in [-0.4, -0.2) is 34.8 Å². The first kappa shape index (κ1) is 18.6. The first-order chi connectivity index (χ1) is 12.7. The Labute approximate surface area is 156 Å². The predicted octanol–water partition coefficient (Wildman–Crippen LogP) is 4.58. The number of rotatable bonds is 9. The van der Waals surface area contributed by atoms with E-state index in [1.54, 1.807) is 18.9 Å². The fourth-order valence-electron chi connectivity index (χ4n) is 2.74. The molecular weight excluding hydrogens is 351 g/mol. The van der Waals surface area contributed by atoms with Gasteiger partial charge in [0.1, 0.15) is 5.82 Å². The highest BCUT2D eigenvalue weighted by molar-refractivity contribution is 7.99. The van der Waals surface area contributed by atoms with Gasteiger partial charge in [-0.05, 0) is 42.8 Å². The van der Waals surface area contributed by atoms with Crippen molar-refractivity contribution in [3.8, 4) is 0 Å². The van der Waals surface area contributed by atoms with Crippen molar-refractivity contribution in [2.75, 3.05) is 19.5 Å². The van der Waals surface area contributed by atoms with Crippen LogP contribution in [0.5, 0.6) is 0 Å². The van der Waals surface area contributed by atoms with Gasteiger partial charge in [0, 0.05) is 31.4 Å². The number of fused-ring (bicyclic) bond motifs is 1. The summed E-state index contributed by atoms with van der Waals surface area (Å²) in [7, 11) is 1.69. The molecule has 0 aliphatic rings. The quantitative estimate of drug-likeness (QED) is 0.313. The highest BCUT2D eigenvalue weighted by Crippen LogP contribution is 2.25. The Hall–Kier alpha value is -2.18. The molecule has 0 bridgehead atoms. The van der Waals surface area contributed by atoms with Gasteiger partial charge in [-0.3, -0.25) is 4.79 Å². The van der Waals surface area contributed by atoms with Gasteiger partial charge in [0.15, 0.2) is 10.9 Å². The van der Waals surface area contributed by atoms with Crippen LogP contribution in [0, 0.1) is 5.82 Å². The molecule has 0 spiro atoms. The smallest absolute Gasteiger partial charge is 0.169 e. The molecule has 0 fully saturated rings. The van der Waals surface area contributed by atoms with Gasteiger partial charge in [-0.15, -0.1) is 0 Å². The molecule has 0 aliphatic carbocycles. The number of carbonyl (C=O) groups is 1. The summed E-state index contributed by atoms with van der Waals surface area (Å²) in [5, 5.41) is 0.942. The van der Waals surface area contributed by atoms with Crippen LogP contribution in [0.2, 0.25) is 0 Å². The number of halogens is 1. The SMILES string of the molecule is COCCn1c(SCCCC(=O)c2ccc(F)cc2)nc2ccccc21. The minimum Gasteiger partial charge on any atom is -0.383 e. The molecule has 1 heterocycles. The standard InChI is InChI=1S/C20H21FN2O2S/c1-25-13-12-23-18-6-3-2-5-17(18)22-20(23)26-14-4-7-19(24)15-8-10-16(21)11-9-15/h2-3,5-6,8-11H,4,7,12-14H2,1H3. The van der Waals surface area contributed by atoms with Crippen molar-refractivity contribution < 1.29 is 13.9 Å². The lowest BCUT2D eigenvalue weighted by Gasteiger charge is -2.08. The van der Waals surface area contributed by atoms with Gasteiger partial charge in [0.25, 0.3) is 0 Å². The summed E-state index contributed by atoms with van der Waals surface area (Å²) < 4.78 is 20.3. The Morgan fingerprint density at radius 3 is 2.73 bits per heavy atom. The van der Waals surface area contributed by atoms with Gasteiger partial charge in [-0.1, -0.05) is 23.9 Å². The van der Waals surface area contributed by atoms with E-state index in [4.69, 9.17) is 9.72 Å². The normalized spacial score (nSPS) is 11.2. The summed E-state index contributed by atoms with van der Waals surface area (Å²) in [6.45, 7) is 1.37. The van der Waals surface area contributed by atoms with Crippen molar-refractivity contribution in [1.29, 1.82) is 0 Å².